The highest BCUT2D eigenvalue weighted by molar-refractivity contribution is 4.99. The Labute approximate surface area is 62.2 Å². The normalized spacial score (nSPS) is 23.3. The number of hydrogen-bond acceptors (Lipinski definition) is 2. The molecule has 0 aromatic heterocycles. The van der Waals surface area contributed by atoms with Gasteiger partial charge in [-0.2, -0.15) is 5.26 Å². The van der Waals surface area contributed by atoms with Crippen molar-refractivity contribution in [3.8, 4) is 6.07 Å². The van der Waals surface area contributed by atoms with E-state index in [1.165, 1.54) is 12.8 Å². The topological polar surface area (TPSA) is 35.8 Å². The van der Waals surface area contributed by atoms with Gasteiger partial charge in [-0.1, -0.05) is 0 Å². The maximum absolute atomic E-state index is 8.36. The zero-order chi connectivity index (χ0) is 7.61. The van der Waals surface area contributed by atoms with E-state index in [1.54, 1.807) is 0 Å². The van der Waals surface area contributed by atoms with E-state index in [2.05, 4.69) is 25.2 Å². The quantitative estimate of drug-likeness (QED) is 0.640. The van der Waals surface area contributed by atoms with Crippen LogP contribution in [0.3, 0.4) is 0 Å². The van der Waals surface area contributed by atoms with E-state index in [0.29, 0.717) is 18.0 Å². The van der Waals surface area contributed by atoms with Crippen LogP contribution in [0, 0.1) is 11.3 Å². The fourth-order valence-corrected chi connectivity index (χ4v) is 1.11. The summed E-state index contributed by atoms with van der Waals surface area (Å²) < 4.78 is 0. The van der Waals surface area contributed by atoms with E-state index in [-0.39, 0.29) is 0 Å². The van der Waals surface area contributed by atoms with Crippen molar-refractivity contribution >= 4 is 0 Å². The fourth-order valence-electron chi connectivity index (χ4n) is 1.11. The Hall–Kier alpha value is -0.550. The molecule has 0 aromatic carbocycles. The molecule has 1 aliphatic rings. The zero-order valence-corrected chi connectivity index (χ0v) is 6.65. The summed E-state index contributed by atoms with van der Waals surface area (Å²) in [6.45, 7) is 4.27. The average molecular weight is 138 g/mol. The fraction of sp³-hybridized carbons (Fsp3) is 0.875. The van der Waals surface area contributed by atoms with Gasteiger partial charge in [0.05, 0.1) is 12.5 Å². The van der Waals surface area contributed by atoms with Crippen molar-refractivity contribution in [1.82, 2.24) is 5.32 Å². The lowest BCUT2D eigenvalue weighted by Gasteiger charge is -2.15. The Bertz CT molecular complexity index is 153. The summed E-state index contributed by atoms with van der Waals surface area (Å²) in [6, 6.07) is 2.51. The van der Waals surface area contributed by atoms with Gasteiger partial charge in [0, 0.05) is 11.6 Å². The van der Waals surface area contributed by atoms with Crippen molar-refractivity contribution < 1.29 is 0 Å². The van der Waals surface area contributed by atoms with Gasteiger partial charge in [-0.05, 0) is 26.7 Å². The molecule has 0 aromatic rings. The number of hydrogen-bond donors (Lipinski definition) is 1. The molecule has 2 nitrogen and oxygen atoms in total. The zero-order valence-electron chi connectivity index (χ0n) is 6.65. The third-order valence-electron chi connectivity index (χ3n) is 1.99. The summed E-state index contributed by atoms with van der Waals surface area (Å²) in [7, 11) is 0. The summed E-state index contributed by atoms with van der Waals surface area (Å²) in [4.78, 5) is 0. The molecule has 1 N–H and O–H groups in total. The Morgan fingerprint density at radius 1 is 1.70 bits per heavy atom. The molecule has 1 fully saturated rings. The van der Waals surface area contributed by atoms with Crippen molar-refractivity contribution in [3.63, 3.8) is 0 Å². The number of rotatable bonds is 3. The SMILES string of the molecule is CC(CC#N)NC1(C)CC1. The summed E-state index contributed by atoms with van der Waals surface area (Å²) in [5.74, 6) is 0. The Kier molecular flexibility index (Phi) is 1.96. The monoisotopic (exact) mass is 138 g/mol. The predicted octanol–water partition coefficient (Wildman–Crippen LogP) is 1.43. The van der Waals surface area contributed by atoms with Gasteiger partial charge in [-0.15, -0.1) is 0 Å². The molecule has 0 spiro atoms. The van der Waals surface area contributed by atoms with Gasteiger partial charge in [-0.3, -0.25) is 0 Å². The molecule has 10 heavy (non-hydrogen) atoms. The van der Waals surface area contributed by atoms with E-state index in [1.807, 2.05) is 0 Å². The minimum atomic E-state index is 0.359. The maximum atomic E-state index is 8.36. The number of nitriles is 1. The van der Waals surface area contributed by atoms with E-state index < -0.39 is 0 Å². The molecule has 56 valence electrons. The summed E-state index contributed by atoms with van der Waals surface area (Å²) in [5.41, 5.74) is 0.371. The van der Waals surface area contributed by atoms with E-state index in [9.17, 15) is 0 Å². The molecule has 1 saturated carbocycles. The van der Waals surface area contributed by atoms with Gasteiger partial charge < -0.3 is 5.32 Å². The van der Waals surface area contributed by atoms with Gasteiger partial charge in [0.1, 0.15) is 0 Å². The van der Waals surface area contributed by atoms with Crippen molar-refractivity contribution in [2.75, 3.05) is 0 Å². The van der Waals surface area contributed by atoms with Gasteiger partial charge in [0.15, 0.2) is 0 Å². The van der Waals surface area contributed by atoms with Crippen LogP contribution in [0.4, 0.5) is 0 Å². The van der Waals surface area contributed by atoms with Crippen LogP contribution in [0.2, 0.25) is 0 Å². The highest BCUT2D eigenvalue weighted by Gasteiger charge is 2.37. The molecule has 1 atom stereocenters. The smallest absolute Gasteiger partial charge is 0.0638 e. The van der Waals surface area contributed by atoms with Crippen LogP contribution in [0.5, 0.6) is 0 Å². The highest BCUT2D eigenvalue weighted by Crippen LogP contribution is 2.34. The van der Waals surface area contributed by atoms with Crippen LogP contribution in [-0.4, -0.2) is 11.6 Å². The standard InChI is InChI=1S/C8H14N2/c1-7(3-6-9)10-8(2)4-5-8/h7,10H,3-5H2,1-2H3. The second-order valence-electron chi connectivity index (χ2n) is 3.47. The molecule has 0 aliphatic heterocycles. The van der Waals surface area contributed by atoms with Crippen LogP contribution in [0.1, 0.15) is 33.1 Å². The van der Waals surface area contributed by atoms with Crippen LogP contribution >= 0.6 is 0 Å². The third-order valence-corrected chi connectivity index (χ3v) is 1.99. The molecule has 0 heterocycles. The van der Waals surface area contributed by atoms with E-state index in [0.717, 1.165) is 0 Å². The Morgan fingerprint density at radius 2 is 2.30 bits per heavy atom. The molecular formula is C8H14N2. The molecular weight excluding hydrogens is 124 g/mol. The minimum absolute atomic E-state index is 0.359. The van der Waals surface area contributed by atoms with Gasteiger partial charge in [-0.25, -0.2) is 0 Å². The number of nitrogens with zero attached hydrogens (tertiary/aromatic N) is 1. The van der Waals surface area contributed by atoms with Gasteiger partial charge in [0.2, 0.25) is 0 Å². The Morgan fingerprint density at radius 3 is 2.70 bits per heavy atom. The molecule has 0 bridgehead atoms. The second kappa shape index (κ2) is 2.59. The molecule has 0 amide bonds. The Balaban J connectivity index is 2.19. The van der Waals surface area contributed by atoms with E-state index >= 15 is 0 Å². The van der Waals surface area contributed by atoms with Crippen molar-refractivity contribution in [2.24, 2.45) is 0 Å². The van der Waals surface area contributed by atoms with Crippen LogP contribution < -0.4 is 5.32 Å². The first-order chi connectivity index (χ1) is 4.66. The number of nitrogens with one attached hydrogen (secondary N) is 1. The third kappa shape index (κ3) is 2.00. The summed E-state index contributed by atoms with van der Waals surface area (Å²) >= 11 is 0. The van der Waals surface area contributed by atoms with Crippen LogP contribution in [-0.2, 0) is 0 Å². The summed E-state index contributed by atoms with van der Waals surface area (Å²) in [6.07, 6.45) is 3.15. The lowest BCUT2D eigenvalue weighted by molar-refractivity contribution is 0.459. The predicted molar refractivity (Wildman–Crippen MR) is 40.5 cm³/mol. The second-order valence-corrected chi connectivity index (χ2v) is 3.47. The largest absolute Gasteiger partial charge is 0.308 e. The lowest BCUT2D eigenvalue weighted by Crippen LogP contribution is -2.35. The molecule has 2 heteroatoms. The first-order valence-electron chi connectivity index (χ1n) is 3.81. The van der Waals surface area contributed by atoms with Crippen molar-refractivity contribution in [3.05, 3.63) is 0 Å². The summed E-state index contributed by atoms with van der Waals surface area (Å²) in [5, 5.41) is 11.8. The lowest BCUT2D eigenvalue weighted by atomic mass is 10.2. The first-order valence-corrected chi connectivity index (χ1v) is 3.81. The highest BCUT2D eigenvalue weighted by atomic mass is 15.0. The minimum Gasteiger partial charge on any atom is -0.308 e. The molecule has 0 saturated heterocycles. The molecule has 1 aliphatic carbocycles. The molecule has 1 unspecified atom stereocenters. The average Bonchev–Trinajstić information content (AvgIpc) is 2.48. The van der Waals surface area contributed by atoms with Crippen molar-refractivity contribution in [2.45, 2.75) is 44.7 Å². The maximum Gasteiger partial charge on any atom is 0.0638 e. The molecule has 1 rings (SSSR count). The van der Waals surface area contributed by atoms with Gasteiger partial charge in [0.25, 0.3) is 0 Å². The van der Waals surface area contributed by atoms with Crippen LogP contribution in [0.15, 0.2) is 0 Å². The van der Waals surface area contributed by atoms with Crippen molar-refractivity contribution in [1.29, 1.82) is 5.26 Å². The molecule has 0 radical (unpaired) electrons. The van der Waals surface area contributed by atoms with Crippen LogP contribution in [0.25, 0.3) is 0 Å². The van der Waals surface area contributed by atoms with E-state index in [4.69, 9.17) is 5.26 Å². The van der Waals surface area contributed by atoms with Gasteiger partial charge >= 0.3 is 0 Å². The first kappa shape index (κ1) is 7.56.